The molecule has 0 aliphatic rings. The molecule has 0 fully saturated rings. The molecule has 92 valence electrons. The highest BCUT2D eigenvalue weighted by atomic mass is 15.1. The van der Waals surface area contributed by atoms with Gasteiger partial charge in [-0.05, 0) is 6.92 Å². The predicted molar refractivity (Wildman–Crippen MR) is 70.5 cm³/mol. The smallest absolute Gasteiger partial charge is 0.224 e. The van der Waals surface area contributed by atoms with Gasteiger partial charge in [0.2, 0.25) is 5.95 Å². The van der Waals surface area contributed by atoms with Crippen molar-refractivity contribution in [3.05, 3.63) is 11.8 Å². The van der Waals surface area contributed by atoms with Gasteiger partial charge in [-0.2, -0.15) is 4.98 Å². The summed E-state index contributed by atoms with van der Waals surface area (Å²) in [6.45, 7) is 6.33. The zero-order valence-electron chi connectivity index (χ0n) is 10.9. The first-order valence-electron chi connectivity index (χ1n) is 5.92. The molecule has 1 rings (SSSR count). The van der Waals surface area contributed by atoms with E-state index in [1.165, 1.54) is 25.7 Å². The number of anilines is 2. The van der Waals surface area contributed by atoms with Crippen molar-refractivity contribution in [3.63, 3.8) is 0 Å². The van der Waals surface area contributed by atoms with Gasteiger partial charge in [0.15, 0.2) is 0 Å². The lowest BCUT2D eigenvalue weighted by Crippen LogP contribution is -2.01. The molecule has 0 spiro atoms. The molecule has 0 aromatic carbocycles. The van der Waals surface area contributed by atoms with Crippen LogP contribution in [0.15, 0.2) is 6.20 Å². The average molecular weight is 224 g/mol. The highest BCUT2D eigenvalue weighted by molar-refractivity contribution is 5.41. The normalized spacial score (nSPS) is 9.25. The molecule has 0 radical (unpaired) electrons. The van der Waals surface area contributed by atoms with E-state index in [0.717, 1.165) is 5.56 Å². The molecule has 0 bridgehead atoms. The monoisotopic (exact) mass is 224 g/mol. The standard InChI is InChI=1S/C6H10N4.C6H14/c1-4-3-9-6(8-2)10-5(4)7;1-3-5-6-4-2/h3H,1-2H3,(H3,7,8,9,10);3-6H2,1-2H3. The molecule has 0 aliphatic carbocycles. The van der Waals surface area contributed by atoms with Crippen molar-refractivity contribution in [3.8, 4) is 0 Å². The summed E-state index contributed by atoms with van der Waals surface area (Å²) in [7, 11) is 1.75. The first-order chi connectivity index (χ1) is 7.65. The summed E-state index contributed by atoms with van der Waals surface area (Å²) in [6, 6.07) is 0. The number of nitrogen functional groups attached to an aromatic ring is 1. The second-order valence-electron chi connectivity index (χ2n) is 3.72. The molecule has 4 nitrogen and oxygen atoms in total. The Morgan fingerprint density at radius 1 is 1.25 bits per heavy atom. The third kappa shape index (κ3) is 6.22. The Hall–Kier alpha value is -1.32. The summed E-state index contributed by atoms with van der Waals surface area (Å²) < 4.78 is 0. The van der Waals surface area contributed by atoms with E-state index in [-0.39, 0.29) is 0 Å². The Kier molecular flexibility index (Phi) is 8.21. The van der Waals surface area contributed by atoms with Gasteiger partial charge in [-0.15, -0.1) is 0 Å². The molecule has 16 heavy (non-hydrogen) atoms. The summed E-state index contributed by atoms with van der Waals surface area (Å²) in [4.78, 5) is 7.90. The number of hydrogen-bond donors (Lipinski definition) is 2. The van der Waals surface area contributed by atoms with Crippen LogP contribution in [0.5, 0.6) is 0 Å². The quantitative estimate of drug-likeness (QED) is 0.772. The van der Waals surface area contributed by atoms with E-state index in [0.29, 0.717) is 11.8 Å². The van der Waals surface area contributed by atoms with Gasteiger partial charge in [0.25, 0.3) is 0 Å². The van der Waals surface area contributed by atoms with Gasteiger partial charge in [-0.1, -0.05) is 39.5 Å². The Labute approximate surface area is 98.7 Å². The van der Waals surface area contributed by atoms with Crippen molar-refractivity contribution in [1.82, 2.24) is 9.97 Å². The Bertz CT molecular complexity index is 282. The van der Waals surface area contributed by atoms with Crippen LogP contribution in [0.2, 0.25) is 0 Å². The minimum atomic E-state index is 0.527. The van der Waals surface area contributed by atoms with Gasteiger partial charge in [0.1, 0.15) is 5.82 Å². The van der Waals surface area contributed by atoms with E-state index < -0.39 is 0 Å². The number of hydrogen-bond acceptors (Lipinski definition) is 4. The summed E-state index contributed by atoms with van der Waals surface area (Å²) in [6.07, 6.45) is 7.23. The Morgan fingerprint density at radius 2 is 1.81 bits per heavy atom. The third-order valence-electron chi connectivity index (χ3n) is 2.19. The highest BCUT2D eigenvalue weighted by Crippen LogP contribution is 2.06. The summed E-state index contributed by atoms with van der Waals surface area (Å²) in [5.41, 5.74) is 6.41. The second-order valence-corrected chi connectivity index (χ2v) is 3.72. The maximum absolute atomic E-state index is 5.51. The number of aryl methyl sites for hydroxylation is 1. The van der Waals surface area contributed by atoms with Crippen LogP contribution in [0.25, 0.3) is 0 Å². The van der Waals surface area contributed by atoms with E-state index >= 15 is 0 Å². The predicted octanol–water partition coefficient (Wildman–Crippen LogP) is 3.00. The van der Waals surface area contributed by atoms with Gasteiger partial charge >= 0.3 is 0 Å². The Balaban J connectivity index is 0.000000325. The maximum atomic E-state index is 5.51. The van der Waals surface area contributed by atoms with Crippen molar-refractivity contribution in [2.75, 3.05) is 18.1 Å². The van der Waals surface area contributed by atoms with E-state index in [1.807, 2.05) is 6.92 Å². The molecule has 0 unspecified atom stereocenters. The van der Waals surface area contributed by atoms with Crippen LogP contribution in [0.1, 0.15) is 45.1 Å². The molecule has 0 saturated heterocycles. The topological polar surface area (TPSA) is 63.8 Å². The van der Waals surface area contributed by atoms with Gasteiger partial charge < -0.3 is 11.1 Å². The first kappa shape index (κ1) is 14.7. The van der Waals surface area contributed by atoms with E-state index in [2.05, 4.69) is 29.1 Å². The van der Waals surface area contributed by atoms with E-state index in [9.17, 15) is 0 Å². The van der Waals surface area contributed by atoms with Crippen molar-refractivity contribution >= 4 is 11.8 Å². The molecule has 0 aliphatic heterocycles. The number of nitrogens with zero attached hydrogens (tertiary/aromatic N) is 2. The lowest BCUT2D eigenvalue weighted by atomic mass is 10.2. The number of rotatable bonds is 4. The average Bonchev–Trinajstić information content (AvgIpc) is 2.31. The fraction of sp³-hybridized carbons (Fsp3) is 0.667. The summed E-state index contributed by atoms with van der Waals surface area (Å²) in [5, 5.41) is 2.79. The molecule has 1 heterocycles. The van der Waals surface area contributed by atoms with Crippen molar-refractivity contribution < 1.29 is 0 Å². The zero-order chi connectivity index (χ0) is 12.4. The molecule has 0 atom stereocenters. The fourth-order valence-electron chi connectivity index (χ4n) is 1.08. The molecule has 3 N–H and O–H groups in total. The zero-order valence-corrected chi connectivity index (χ0v) is 10.9. The van der Waals surface area contributed by atoms with Crippen molar-refractivity contribution in [2.45, 2.75) is 46.5 Å². The van der Waals surface area contributed by atoms with Crippen molar-refractivity contribution in [2.24, 2.45) is 0 Å². The van der Waals surface area contributed by atoms with E-state index in [4.69, 9.17) is 5.73 Å². The number of nitrogens with two attached hydrogens (primary N) is 1. The molecule has 0 saturated carbocycles. The molecular formula is C12H24N4. The SMILES string of the molecule is CCCCCC.CNc1ncc(C)c(N)n1. The van der Waals surface area contributed by atoms with Crippen LogP contribution in [0, 0.1) is 6.92 Å². The summed E-state index contributed by atoms with van der Waals surface area (Å²) >= 11 is 0. The molecular weight excluding hydrogens is 200 g/mol. The lowest BCUT2D eigenvalue weighted by Gasteiger charge is -2.00. The largest absolute Gasteiger partial charge is 0.383 e. The minimum Gasteiger partial charge on any atom is -0.383 e. The molecule has 1 aromatic rings. The Morgan fingerprint density at radius 3 is 2.19 bits per heavy atom. The summed E-state index contributed by atoms with van der Waals surface area (Å²) in [5.74, 6) is 1.09. The molecule has 0 amide bonds. The van der Waals surface area contributed by atoms with E-state index in [1.54, 1.807) is 13.2 Å². The van der Waals surface area contributed by atoms with Crippen LogP contribution in [-0.2, 0) is 0 Å². The highest BCUT2D eigenvalue weighted by Gasteiger charge is 1.95. The lowest BCUT2D eigenvalue weighted by molar-refractivity contribution is 0.702. The van der Waals surface area contributed by atoms with Gasteiger partial charge in [0, 0.05) is 18.8 Å². The van der Waals surface area contributed by atoms with Crippen molar-refractivity contribution in [1.29, 1.82) is 0 Å². The first-order valence-corrected chi connectivity index (χ1v) is 5.92. The number of nitrogens with one attached hydrogen (secondary N) is 1. The number of aromatic nitrogens is 2. The molecule has 4 heteroatoms. The van der Waals surface area contributed by atoms with Crippen LogP contribution >= 0.6 is 0 Å². The second kappa shape index (κ2) is 8.95. The fourth-order valence-corrected chi connectivity index (χ4v) is 1.08. The maximum Gasteiger partial charge on any atom is 0.224 e. The number of unbranched alkanes of at least 4 members (excludes halogenated alkanes) is 3. The third-order valence-corrected chi connectivity index (χ3v) is 2.19. The van der Waals surface area contributed by atoms with Gasteiger partial charge in [-0.3, -0.25) is 0 Å². The van der Waals surface area contributed by atoms with Crippen LogP contribution in [-0.4, -0.2) is 17.0 Å². The van der Waals surface area contributed by atoms with Crippen LogP contribution in [0.4, 0.5) is 11.8 Å². The minimum absolute atomic E-state index is 0.527. The molecule has 1 aromatic heterocycles. The van der Waals surface area contributed by atoms with Gasteiger partial charge in [0.05, 0.1) is 0 Å². The van der Waals surface area contributed by atoms with Gasteiger partial charge in [-0.25, -0.2) is 4.98 Å². The van der Waals surface area contributed by atoms with Crippen LogP contribution < -0.4 is 11.1 Å². The van der Waals surface area contributed by atoms with Crippen LogP contribution in [0.3, 0.4) is 0 Å².